The minimum Gasteiger partial charge on any atom is -0.354 e. The minimum atomic E-state index is 0.0306. The van der Waals surface area contributed by atoms with Crippen molar-refractivity contribution in [2.75, 3.05) is 36.4 Å². The molecule has 0 atom stereocenters. The molecule has 6 nitrogen and oxygen atoms in total. The van der Waals surface area contributed by atoms with Crippen LogP contribution in [0.3, 0.4) is 0 Å². The average molecular weight is 314 g/mol. The molecule has 98 valence electrons. The van der Waals surface area contributed by atoms with E-state index in [0.29, 0.717) is 12.5 Å². The molecular formula is C11H16BrN5O. The highest BCUT2D eigenvalue weighted by molar-refractivity contribution is 9.10. The maximum Gasteiger partial charge on any atom is 0.239 e. The number of rotatable bonds is 3. The van der Waals surface area contributed by atoms with Crippen LogP contribution in [0.2, 0.25) is 0 Å². The molecule has 1 amide bonds. The summed E-state index contributed by atoms with van der Waals surface area (Å²) < 4.78 is 0.804. The van der Waals surface area contributed by atoms with Gasteiger partial charge in [-0.15, -0.1) is 0 Å². The van der Waals surface area contributed by atoms with Gasteiger partial charge in [0.05, 0.1) is 11.0 Å². The van der Waals surface area contributed by atoms with Crippen LogP contribution < -0.4 is 15.5 Å². The van der Waals surface area contributed by atoms with E-state index in [1.807, 2.05) is 11.8 Å². The van der Waals surface area contributed by atoms with E-state index in [1.54, 1.807) is 6.20 Å². The van der Waals surface area contributed by atoms with E-state index in [0.717, 1.165) is 36.3 Å². The number of carbonyl (C=O) groups excluding carboxylic acids is 1. The fourth-order valence-corrected chi connectivity index (χ4v) is 2.25. The molecule has 1 aromatic heterocycles. The number of nitrogens with one attached hydrogen (secondary N) is 2. The molecule has 1 aromatic rings. The zero-order valence-corrected chi connectivity index (χ0v) is 11.8. The van der Waals surface area contributed by atoms with Gasteiger partial charge >= 0.3 is 0 Å². The third-order valence-electron chi connectivity index (χ3n) is 2.62. The zero-order valence-electron chi connectivity index (χ0n) is 10.2. The van der Waals surface area contributed by atoms with Gasteiger partial charge in [-0.1, -0.05) is 0 Å². The number of nitrogens with zero attached hydrogens (tertiary/aromatic N) is 3. The first kappa shape index (κ1) is 13.1. The van der Waals surface area contributed by atoms with Crippen molar-refractivity contribution in [2.45, 2.75) is 13.3 Å². The quantitative estimate of drug-likeness (QED) is 0.871. The predicted octanol–water partition coefficient (Wildman–Crippen LogP) is 0.997. The largest absolute Gasteiger partial charge is 0.354 e. The van der Waals surface area contributed by atoms with Crippen molar-refractivity contribution in [3.8, 4) is 0 Å². The lowest BCUT2D eigenvalue weighted by molar-refractivity contribution is -0.119. The molecule has 1 aliphatic heterocycles. The van der Waals surface area contributed by atoms with E-state index < -0.39 is 0 Å². The normalized spacial score (nSPS) is 16.1. The van der Waals surface area contributed by atoms with Crippen LogP contribution in [-0.2, 0) is 4.79 Å². The van der Waals surface area contributed by atoms with Crippen molar-refractivity contribution in [1.82, 2.24) is 15.3 Å². The number of anilines is 2. The van der Waals surface area contributed by atoms with Crippen molar-refractivity contribution in [3.05, 3.63) is 10.7 Å². The molecule has 2 N–H and O–H groups in total. The Morgan fingerprint density at radius 1 is 1.61 bits per heavy atom. The third-order valence-corrected chi connectivity index (χ3v) is 3.18. The SMILES string of the molecule is CCNc1ncc(Br)c(N2CCCNC(=O)C2)n1. The molecule has 7 heteroatoms. The number of carbonyl (C=O) groups is 1. The molecule has 1 aliphatic rings. The molecule has 0 radical (unpaired) electrons. The predicted molar refractivity (Wildman–Crippen MR) is 73.7 cm³/mol. The van der Waals surface area contributed by atoms with Gasteiger partial charge in [-0.05, 0) is 29.3 Å². The fourth-order valence-electron chi connectivity index (χ4n) is 1.81. The molecule has 0 aromatic carbocycles. The lowest BCUT2D eigenvalue weighted by atomic mass is 10.4. The summed E-state index contributed by atoms with van der Waals surface area (Å²) in [6.45, 7) is 4.62. The van der Waals surface area contributed by atoms with E-state index in [9.17, 15) is 4.79 Å². The highest BCUT2D eigenvalue weighted by atomic mass is 79.9. The third kappa shape index (κ3) is 3.10. The van der Waals surface area contributed by atoms with E-state index in [4.69, 9.17) is 0 Å². The lowest BCUT2D eigenvalue weighted by Crippen LogP contribution is -2.33. The number of halogens is 1. The van der Waals surface area contributed by atoms with Gasteiger partial charge in [0.25, 0.3) is 0 Å². The molecule has 0 spiro atoms. The Morgan fingerprint density at radius 3 is 3.22 bits per heavy atom. The van der Waals surface area contributed by atoms with Gasteiger partial charge in [-0.3, -0.25) is 4.79 Å². The summed E-state index contributed by atoms with van der Waals surface area (Å²) in [6.07, 6.45) is 2.63. The molecule has 0 aliphatic carbocycles. The molecule has 1 saturated heterocycles. The molecule has 2 heterocycles. The Labute approximate surface area is 114 Å². The second-order valence-corrected chi connectivity index (χ2v) is 4.87. The molecular weight excluding hydrogens is 298 g/mol. The van der Waals surface area contributed by atoms with Gasteiger partial charge in [-0.2, -0.15) is 4.98 Å². The Balaban J connectivity index is 2.24. The van der Waals surface area contributed by atoms with Crippen molar-refractivity contribution in [2.24, 2.45) is 0 Å². The Hall–Kier alpha value is -1.37. The van der Waals surface area contributed by atoms with Gasteiger partial charge in [0.15, 0.2) is 0 Å². The van der Waals surface area contributed by atoms with Crippen LogP contribution >= 0.6 is 15.9 Å². The van der Waals surface area contributed by atoms with Crippen molar-refractivity contribution >= 4 is 33.6 Å². The number of amides is 1. The average Bonchev–Trinajstić information content (AvgIpc) is 2.57. The van der Waals surface area contributed by atoms with E-state index >= 15 is 0 Å². The van der Waals surface area contributed by atoms with Crippen LogP contribution in [0, 0.1) is 0 Å². The molecule has 2 rings (SSSR count). The molecule has 1 fully saturated rings. The smallest absolute Gasteiger partial charge is 0.239 e. The summed E-state index contributed by atoms with van der Waals surface area (Å²) in [6, 6.07) is 0. The van der Waals surface area contributed by atoms with E-state index in [1.165, 1.54) is 0 Å². The van der Waals surface area contributed by atoms with Crippen LogP contribution in [-0.4, -0.2) is 42.1 Å². The maximum absolute atomic E-state index is 11.6. The fraction of sp³-hybridized carbons (Fsp3) is 0.545. The summed E-state index contributed by atoms with van der Waals surface area (Å²) >= 11 is 3.44. The highest BCUT2D eigenvalue weighted by Crippen LogP contribution is 2.24. The van der Waals surface area contributed by atoms with Gasteiger partial charge in [0, 0.05) is 25.8 Å². The zero-order chi connectivity index (χ0) is 13.0. The summed E-state index contributed by atoms with van der Waals surface area (Å²) in [5.74, 6) is 1.38. The Bertz CT molecular complexity index is 439. The topological polar surface area (TPSA) is 70.2 Å². The Morgan fingerprint density at radius 2 is 2.44 bits per heavy atom. The highest BCUT2D eigenvalue weighted by Gasteiger charge is 2.19. The maximum atomic E-state index is 11.6. The van der Waals surface area contributed by atoms with Gasteiger partial charge < -0.3 is 15.5 Å². The number of hydrogen-bond acceptors (Lipinski definition) is 5. The van der Waals surface area contributed by atoms with Crippen molar-refractivity contribution in [3.63, 3.8) is 0 Å². The summed E-state index contributed by atoms with van der Waals surface area (Å²) in [5, 5.41) is 5.92. The van der Waals surface area contributed by atoms with Crippen LogP contribution in [0.15, 0.2) is 10.7 Å². The molecule has 0 bridgehead atoms. The van der Waals surface area contributed by atoms with Crippen molar-refractivity contribution < 1.29 is 4.79 Å². The van der Waals surface area contributed by atoms with Gasteiger partial charge in [-0.25, -0.2) is 4.98 Å². The minimum absolute atomic E-state index is 0.0306. The monoisotopic (exact) mass is 313 g/mol. The van der Waals surface area contributed by atoms with Crippen LogP contribution in [0.1, 0.15) is 13.3 Å². The van der Waals surface area contributed by atoms with Gasteiger partial charge in [0.1, 0.15) is 5.82 Å². The number of hydrogen-bond donors (Lipinski definition) is 2. The lowest BCUT2D eigenvalue weighted by Gasteiger charge is -2.21. The van der Waals surface area contributed by atoms with E-state index in [-0.39, 0.29) is 5.91 Å². The van der Waals surface area contributed by atoms with Crippen LogP contribution in [0.4, 0.5) is 11.8 Å². The second-order valence-electron chi connectivity index (χ2n) is 4.02. The Kier molecular flexibility index (Phi) is 4.35. The first-order valence-corrected chi connectivity index (χ1v) is 6.78. The molecule has 18 heavy (non-hydrogen) atoms. The molecule has 0 unspecified atom stereocenters. The van der Waals surface area contributed by atoms with Gasteiger partial charge in [0.2, 0.25) is 11.9 Å². The number of aromatic nitrogens is 2. The first-order valence-electron chi connectivity index (χ1n) is 5.98. The summed E-state index contributed by atoms with van der Waals surface area (Å²) in [4.78, 5) is 22.1. The van der Waals surface area contributed by atoms with E-state index in [2.05, 4.69) is 36.5 Å². The standard InChI is InChI=1S/C11H16BrN5O/c1-2-13-11-15-6-8(12)10(16-11)17-5-3-4-14-9(18)7-17/h6H,2-5,7H2,1H3,(H,14,18)(H,13,15,16). The second kappa shape index (κ2) is 5.99. The van der Waals surface area contributed by atoms with Crippen LogP contribution in [0.25, 0.3) is 0 Å². The molecule has 0 saturated carbocycles. The summed E-state index contributed by atoms with van der Waals surface area (Å²) in [7, 11) is 0. The van der Waals surface area contributed by atoms with Crippen LogP contribution in [0.5, 0.6) is 0 Å². The first-order chi connectivity index (χ1) is 8.70. The summed E-state index contributed by atoms with van der Waals surface area (Å²) in [5.41, 5.74) is 0. The van der Waals surface area contributed by atoms with Crippen molar-refractivity contribution in [1.29, 1.82) is 0 Å².